The molecule has 2 saturated carbocycles. The summed E-state index contributed by atoms with van der Waals surface area (Å²) in [5.41, 5.74) is 2.26. The zero-order chi connectivity index (χ0) is 25.8. The van der Waals surface area contributed by atoms with E-state index in [4.69, 9.17) is 15.0 Å². The van der Waals surface area contributed by atoms with Gasteiger partial charge in [-0.15, -0.1) is 11.3 Å². The van der Waals surface area contributed by atoms with Crippen molar-refractivity contribution in [3.8, 4) is 10.6 Å². The van der Waals surface area contributed by atoms with E-state index in [1.54, 1.807) is 25.2 Å². The second kappa shape index (κ2) is 9.48. The molecule has 3 aromatic rings. The molecule has 10 heteroatoms. The van der Waals surface area contributed by atoms with Crippen LogP contribution in [0.2, 0.25) is 0 Å². The summed E-state index contributed by atoms with van der Waals surface area (Å²) in [6, 6.07) is 1.75. The van der Waals surface area contributed by atoms with Crippen LogP contribution >= 0.6 is 11.3 Å². The summed E-state index contributed by atoms with van der Waals surface area (Å²) in [5, 5.41) is 39.7. The Morgan fingerprint density at radius 2 is 1.92 bits per heavy atom. The zero-order valence-corrected chi connectivity index (χ0v) is 22.3. The minimum Gasteiger partial charge on any atom is -0.390 e. The molecule has 0 spiro atoms. The number of aliphatic hydroxyl groups excluding tert-OH is 2. The number of nitrogens with one attached hydrogen (secondary N) is 2. The third kappa shape index (κ3) is 4.79. The summed E-state index contributed by atoms with van der Waals surface area (Å²) < 4.78 is 1.05. The molecular formula is C26H36N6O3S. The van der Waals surface area contributed by atoms with Gasteiger partial charge in [0, 0.05) is 18.2 Å². The minimum atomic E-state index is -1.12. The lowest BCUT2D eigenvalue weighted by Gasteiger charge is -2.28. The molecule has 3 heterocycles. The summed E-state index contributed by atoms with van der Waals surface area (Å²) in [6.07, 6.45) is 3.33. The predicted octanol–water partition coefficient (Wildman–Crippen LogP) is 3.52. The van der Waals surface area contributed by atoms with Crippen LogP contribution in [-0.4, -0.2) is 65.1 Å². The monoisotopic (exact) mass is 512 g/mol. The molecule has 2 aliphatic rings. The zero-order valence-electron chi connectivity index (χ0n) is 21.5. The van der Waals surface area contributed by atoms with Gasteiger partial charge in [0.2, 0.25) is 5.95 Å². The number of aromatic nitrogens is 4. The Balaban J connectivity index is 1.55. The Morgan fingerprint density at radius 3 is 2.56 bits per heavy atom. The van der Waals surface area contributed by atoms with E-state index in [0.717, 1.165) is 38.6 Å². The highest BCUT2D eigenvalue weighted by Gasteiger charge is 2.48. The van der Waals surface area contributed by atoms with Crippen LogP contribution in [0, 0.1) is 18.8 Å². The molecular weight excluding hydrogens is 476 g/mol. The van der Waals surface area contributed by atoms with Crippen LogP contribution in [0.25, 0.3) is 20.8 Å². The van der Waals surface area contributed by atoms with Crippen LogP contribution in [-0.2, 0) is 6.42 Å². The topological polar surface area (TPSA) is 136 Å². The van der Waals surface area contributed by atoms with E-state index in [9.17, 15) is 15.3 Å². The van der Waals surface area contributed by atoms with Crippen LogP contribution in [0.5, 0.6) is 0 Å². The van der Waals surface area contributed by atoms with Crippen LogP contribution in [0.4, 0.5) is 11.8 Å². The molecule has 0 amide bonds. The Bertz CT molecular complexity index is 1250. The molecule has 2 aliphatic carbocycles. The van der Waals surface area contributed by atoms with Gasteiger partial charge in [-0.2, -0.15) is 4.98 Å². The van der Waals surface area contributed by atoms with Gasteiger partial charge in [-0.05, 0) is 65.4 Å². The molecule has 9 nitrogen and oxygen atoms in total. The first-order chi connectivity index (χ1) is 17.1. The molecule has 0 radical (unpaired) electrons. The van der Waals surface area contributed by atoms with Gasteiger partial charge in [0.15, 0.2) is 0 Å². The Labute approximate surface area is 215 Å². The number of rotatable bonds is 8. The first kappa shape index (κ1) is 25.3. The van der Waals surface area contributed by atoms with E-state index in [0.29, 0.717) is 24.1 Å². The maximum atomic E-state index is 10.9. The summed E-state index contributed by atoms with van der Waals surface area (Å²) in [7, 11) is 0. The van der Waals surface area contributed by atoms with Crippen molar-refractivity contribution in [3.63, 3.8) is 0 Å². The van der Waals surface area contributed by atoms with E-state index in [1.807, 2.05) is 19.2 Å². The maximum absolute atomic E-state index is 10.9. The number of hydrogen-bond donors (Lipinski definition) is 5. The highest BCUT2D eigenvalue weighted by Crippen LogP contribution is 2.41. The summed E-state index contributed by atoms with van der Waals surface area (Å²) in [5.74, 6) is 1.26. The number of fused-ring (bicyclic) bond motifs is 1. The number of hydrogen-bond acceptors (Lipinski definition) is 10. The third-order valence-corrected chi connectivity index (χ3v) is 8.66. The van der Waals surface area contributed by atoms with Crippen molar-refractivity contribution in [3.05, 3.63) is 23.7 Å². The standard InChI is InChI=1S/C26H36N6O3S/c1-6-16-20-18(9-10-27-16)36-24(31-20)19-13(3)29-25(28-12(2)14-7-8-14)32-23(19)30-17-11-15(26(4,5)35)21(33)22(17)34/h9-10,12,14-15,17,21-22,33-35H,6-8,11H2,1-5H3,(H2,28,29,30,32)/t12-,15+,17-,21-,22+/m1/s1. The average Bonchev–Trinajstić information content (AvgIpc) is 3.52. The molecule has 2 fully saturated rings. The van der Waals surface area contributed by atoms with Gasteiger partial charge in [-0.1, -0.05) is 6.92 Å². The molecule has 5 rings (SSSR count). The van der Waals surface area contributed by atoms with E-state index in [-0.39, 0.29) is 6.04 Å². The first-order valence-corrected chi connectivity index (χ1v) is 13.6. The van der Waals surface area contributed by atoms with E-state index >= 15 is 0 Å². The molecule has 0 saturated heterocycles. The predicted molar refractivity (Wildman–Crippen MR) is 142 cm³/mol. The van der Waals surface area contributed by atoms with Gasteiger partial charge < -0.3 is 26.0 Å². The highest BCUT2D eigenvalue weighted by atomic mass is 32.1. The largest absolute Gasteiger partial charge is 0.390 e. The van der Waals surface area contributed by atoms with Gasteiger partial charge >= 0.3 is 0 Å². The van der Waals surface area contributed by atoms with Crippen molar-refractivity contribution < 1.29 is 15.3 Å². The molecule has 5 atom stereocenters. The lowest BCUT2D eigenvalue weighted by atomic mass is 9.88. The molecule has 5 N–H and O–H groups in total. The molecule has 0 bridgehead atoms. The van der Waals surface area contributed by atoms with Crippen LogP contribution in [0.3, 0.4) is 0 Å². The fourth-order valence-electron chi connectivity index (χ4n) is 5.24. The smallest absolute Gasteiger partial charge is 0.225 e. The molecule has 0 aromatic carbocycles. The fourth-order valence-corrected chi connectivity index (χ4v) is 6.32. The molecule has 36 heavy (non-hydrogen) atoms. The van der Waals surface area contributed by atoms with E-state index < -0.39 is 29.8 Å². The molecule has 194 valence electrons. The van der Waals surface area contributed by atoms with Crippen molar-refractivity contribution in [1.29, 1.82) is 0 Å². The molecule has 0 aliphatic heterocycles. The number of nitrogens with zero attached hydrogens (tertiary/aromatic N) is 4. The van der Waals surface area contributed by atoms with Crippen LogP contribution in [0.15, 0.2) is 12.3 Å². The van der Waals surface area contributed by atoms with E-state index in [2.05, 4.69) is 29.5 Å². The second-order valence-electron chi connectivity index (χ2n) is 10.8. The number of pyridine rings is 1. The lowest BCUT2D eigenvalue weighted by Crippen LogP contribution is -2.40. The highest BCUT2D eigenvalue weighted by molar-refractivity contribution is 7.21. The summed E-state index contributed by atoms with van der Waals surface area (Å²) >= 11 is 1.56. The normalized spacial score (nSPS) is 25.3. The summed E-state index contributed by atoms with van der Waals surface area (Å²) in [4.78, 5) is 19.0. The van der Waals surface area contributed by atoms with Crippen molar-refractivity contribution in [2.75, 3.05) is 10.6 Å². The van der Waals surface area contributed by atoms with Crippen LogP contribution < -0.4 is 10.6 Å². The van der Waals surface area contributed by atoms with Crippen molar-refractivity contribution >= 4 is 33.3 Å². The molecule has 3 aromatic heterocycles. The number of thiazole rings is 1. The van der Waals surface area contributed by atoms with E-state index in [1.165, 1.54) is 12.8 Å². The quantitative estimate of drug-likeness (QED) is 0.307. The Hall–Kier alpha value is -2.40. The van der Waals surface area contributed by atoms with Gasteiger partial charge in [-0.25, -0.2) is 9.97 Å². The minimum absolute atomic E-state index is 0.266. The summed E-state index contributed by atoms with van der Waals surface area (Å²) in [6.45, 7) is 9.49. The van der Waals surface area contributed by atoms with Gasteiger partial charge in [0.05, 0.1) is 39.4 Å². The van der Waals surface area contributed by atoms with Crippen LogP contribution in [0.1, 0.15) is 58.3 Å². The fraction of sp³-hybridized carbons (Fsp3) is 0.615. The number of aryl methyl sites for hydroxylation is 2. The number of anilines is 2. The van der Waals surface area contributed by atoms with Gasteiger partial charge in [-0.3, -0.25) is 4.98 Å². The maximum Gasteiger partial charge on any atom is 0.225 e. The van der Waals surface area contributed by atoms with Gasteiger partial charge in [0.1, 0.15) is 22.4 Å². The first-order valence-electron chi connectivity index (χ1n) is 12.8. The number of aliphatic hydroxyl groups is 3. The lowest BCUT2D eigenvalue weighted by molar-refractivity contribution is -0.0601. The molecule has 0 unspecified atom stereocenters. The third-order valence-electron chi connectivity index (χ3n) is 7.62. The average molecular weight is 513 g/mol. The Morgan fingerprint density at radius 1 is 1.17 bits per heavy atom. The van der Waals surface area contributed by atoms with Crippen molar-refractivity contribution in [2.45, 2.75) is 90.2 Å². The second-order valence-corrected chi connectivity index (χ2v) is 11.9. The van der Waals surface area contributed by atoms with Gasteiger partial charge in [0.25, 0.3) is 0 Å². The van der Waals surface area contributed by atoms with Crippen molar-refractivity contribution in [1.82, 2.24) is 19.9 Å². The van der Waals surface area contributed by atoms with Crippen molar-refractivity contribution in [2.24, 2.45) is 11.8 Å². The Kier molecular flexibility index (Phi) is 6.65. The SMILES string of the molecule is CCc1nccc2sc(-c3c(C)nc(N[C@H](C)C4CC4)nc3N[C@@H]3C[C@H](C(C)(C)O)[C@@H](O)[C@H]3O)nc12.